The first-order chi connectivity index (χ1) is 12.6. The third-order valence-electron chi connectivity index (χ3n) is 5.60. The van der Waals surface area contributed by atoms with E-state index in [9.17, 15) is 4.79 Å². The summed E-state index contributed by atoms with van der Waals surface area (Å²) >= 11 is 0. The van der Waals surface area contributed by atoms with E-state index in [1.807, 2.05) is 25.1 Å². The van der Waals surface area contributed by atoms with E-state index in [0.29, 0.717) is 6.61 Å². The van der Waals surface area contributed by atoms with Crippen molar-refractivity contribution in [3.05, 3.63) is 42.1 Å². The number of benzene rings is 1. The van der Waals surface area contributed by atoms with Gasteiger partial charge in [0, 0.05) is 17.8 Å². The average molecular weight is 354 g/mol. The molecule has 140 valence electrons. The molecule has 0 atom stereocenters. The standard InChI is InChI=1S/C22H30N2O2/c1-3-26-21(25)22(13-8-5-9-14-22)15-10-16-24-18(2)17-20(23-24)19-11-6-4-7-12-19/h4,6-7,11-12,17H,3,5,8-10,13-16H2,1-2H3. The Hall–Kier alpha value is -2.10. The van der Waals surface area contributed by atoms with Crippen molar-refractivity contribution in [3.8, 4) is 11.3 Å². The Balaban J connectivity index is 1.65. The van der Waals surface area contributed by atoms with Crippen LogP contribution in [0.3, 0.4) is 0 Å². The maximum absolute atomic E-state index is 12.6. The van der Waals surface area contributed by atoms with E-state index in [0.717, 1.165) is 62.0 Å². The SMILES string of the molecule is CCOC(=O)C1(CCCn2nc(-c3ccccc3)cc2C)CCCCC1. The van der Waals surface area contributed by atoms with Crippen LogP contribution in [0.15, 0.2) is 36.4 Å². The summed E-state index contributed by atoms with van der Waals surface area (Å²) in [6, 6.07) is 12.4. The minimum atomic E-state index is -0.266. The molecule has 3 rings (SSSR count). The number of aromatic nitrogens is 2. The van der Waals surface area contributed by atoms with Crippen molar-refractivity contribution in [1.82, 2.24) is 9.78 Å². The summed E-state index contributed by atoms with van der Waals surface area (Å²) in [6.07, 6.45) is 7.30. The molecule has 1 fully saturated rings. The molecule has 26 heavy (non-hydrogen) atoms. The summed E-state index contributed by atoms with van der Waals surface area (Å²) < 4.78 is 7.49. The fraction of sp³-hybridized carbons (Fsp3) is 0.545. The van der Waals surface area contributed by atoms with Gasteiger partial charge in [-0.25, -0.2) is 0 Å². The summed E-state index contributed by atoms with van der Waals surface area (Å²) in [6.45, 7) is 5.31. The third kappa shape index (κ3) is 4.17. The zero-order valence-electron chi connectivity index (χ0n) is 16.0. The monoisotopic (exact) mass is 354 g/mol. The molecule has 2 aromatic rings. The van der Waals surface area contributed by atoms with E-state index < -0.39 is 0 Å². The lowest BCUT2D eigenvalue weighted by Crippen LogP contribution is -2.35. The second-order valence-electron chi connectivity index (χ2n) is 7.43. The molecule has 0 spiro atoms. The molecule has 4 nitrogen and oxygen atoms in total. The summed E-state index contributed by atoms with van der Waals surface area (Å²) in [4.78, 5) is 12.6. The van der Waals surface area contributed by atoms with Gasteiger partial charge in [0.05, 0.1) is 17.7 Å². The molecule has 0 bridgehead atoms. The van der Waals surface area contributed by atoms with Gasteiger partial charge in [-0.3, -0.25) is 9.48 Å². The van der Waals surface area contributed by atoms with Crippen molar-refractivity contribution in [1.29, 1.82) is 0 Å². The molecule has 1 aliphatic carbocycles. The molecule has 1 aliphatic rings. The van der Waals surface area contributed by atoms with Crippen LogP contribution in [0.2, 0.25) is 0 Å². The van der Waals surface area contributed by atoms with Gasteiger partial charge in [-0.2, -0.15) is 5.10 Å². The largest absolute Gasteiger partial charge is 0.466 e. The Morgan fingerprint density at radius 1 is 1.19 bits per heavy atom. The van der Waals surface area contributed by atoms with Crippen LogP contribution >= 0.6 is 0 Å². The van der Waals surface area contributed by atoms with Gasteiger partial charge in [0.2, 0.25) is 0 Å². The molecular formula is C22H30N2O2. The summed E-state index contributed by atoms with van der Waals surface area (Å²) in [5.74, 6) is 0.0156. The van der Waals surface area contributed by atoms with E-state index in [4.69, 9.17) is 9.84 Å². The van der Waals surface area contributed by atoms with Gasteiger partial charge in [0.25, 0.3) is 0 Å². The Morgan fingerprint density at radius 2 is 1.92 bits per heavy atom. The van der Waals surface area contributed by atoms with Crippen molar-refractivity contribution >= 4 is 5.97 Å². The normalized spacial score (nSPS) is 16.4. The van der Waals surface area contributed by atoms with Crippen LogP contribution < -0.4 is 0 Å². The molecule has 0 amide bonds. The number of carbonyl (C=O) groups excluding carboxylic acids is 1. The highest BCUT2D eigenvalue weighted by Crippen LogP contribution is 2.41. The Kier molecular flexibility index (Phi) is 6.12. The van der Waals surface area contributed by atoms with Crippen LogP contribution in [0.4, 0.5) is 0 Å². The van der Waals surface area contributed by atoms with Crippen LogP contribution in [0.5, 0.6) is 0 Å². The van der Waals surface area contributed by atoms with Crippen molar-refractivity contribution in [2.24, 2.45) is 5.41 Å². The first kappa shape index (κ1) is 18.7. The van der Waals surface area contributed by atoms with Gasteiger partial charge >= 0.3 is 5.97 Å². The zero-order chi connectivity index (χ0) is 18.4. The lowest BCUT2D eigenvalue weighted by molar-refractivity contribution is -0.158. The van der Waals surface area contributed by atoms with Gasteiger partial charge in [0.15, 0.2) is 0 Å². The number of carbonyl (C=O) groups is 1. The van der Waals surface area contributed by atoms with Crippen LogP contribution in [-0.4, -0.2) is 22.4 Å². The van der Waals surface area contributed by atoms with E-state index >= 15 is 0 Å². The minimum Gasteiger partial charge on any atom is -0.466 e. The van der Waals surface area contributed by atoms with Crippen molar-refractivity contribution in [3.63, 3.8) is 0 Å². The number of hydrogen-bond acceptors (Lipinski definition) is 3. The Morgan fingerprint density at radius 3 is 2.62 bits per heavy atom. The summed E-state index contributed by atoms with van der Waals surface area (Å²) in [7, 11) is 0. The first-order valence-electron chi connectivity index (χ1n) is 9.92. The number of ether oxygens (including phenoxy) is 1. The molecule has 0 saturated heterocycles. The predicted octanol–water partition coefficient (Wildman–Crippen LogP) is 5.15. The molecule has 1 aromatic carbocycles. The number of hydrogen-bond donors (Lipinski definition) is 0. The maximum atomic E-state index is 12.6. The average Bonchev–Trinajstić information content (AvgIpc) is 3.04. The third-order valence-corrected chi connectivity index (χ3v) is 5.60. The van der Waals surface area contributed by atoms with Crippen molar-refractivity contribution < 1.29 is 9.53 Å². The van der Waals surface area contributed by atoms with Crippen LogP contribution in [0, 0.1) is 12.3 Å². The lowest BCUT2D eigenvalue weighted by atomic mass is 9.71. The highest BCUT2D eigenvalue weighted by molar-refractivity contribution is 5.76. The lowest BCUT2D eigenvalue weighted by Gasteiger charge is -2.35. The Labute approximate surface area is 156 Å². The van der Waals surface area contributed by atoms with Gasteiger partial charge in [-0.15, -0.1) is 0 Å². The summed E-state index contributed by atoms with van der Waals surface area (Å²) in [5, 5.41) is 4.77. The van der Waals surface area contributed by atoms with Gasteiger partial charge < -0.3 is 4.74 Å². The fourth-order valence-corrected chi connectivity index (χ4v) is 4.12. The molecule has 1 saturated carbocycles. The van der Waals surface area contributed by atoms with E-state index in [1.54, 1.807) is 0 Å². The van der Waals surface area contributed by atoms with E-state index in [1.165, 1.54) is 6.42 Å². The second kappa shape index (κ2) is 8.52. The molecule has 0 aliphatic heterocycles. The number of rotatable bonds is 7. The van der Waals surface area contributed by atoms with E-state index in [-0.39, 0.29) is 11.4 Å². The Bertz CT molecular complexity index is 715. The first-order valence-corrected chi connectivity index (χ1v) is 9.92. The predicted molar refractivity (Wildman–Crippen MR) is 104 cm³/mol. The van der Waals surface area contributed by atoms with Crippen molar-refractivity contribution in [2.75, 3.05) is 6.61 Å². The van der Waals surface area contributed by atoms with Crippen LogP contribution in [0.25, 0.3) is 11.3 Å². The molecule has 0 unspecified atom stereocenters. The number of nitrogens with zero attached hydrogens (tertiary/aromatic N) is 2. The maximum Gasteiger partial charge on any atom is 0.312 e. The highest BCUT2D eigenvalue weighted by Gasteiger charge is 2.40. The second-order valence-corrected chi connectivity index (χ2v) is 7.43. The van der Waals surface area contributed by atoms with Gasteiger partial charge in [-0.05, 0) is 45.6 Å². The van der Waals surface area contributed by atoms with Crippen molar-refractivity contribution in [2.45, 2.75) is 65.3 Å². The minimum absolute atomic E-state index is 0.0156. The molecule has 0 radical (unpaired) electrons. The zero-order valence-corrected chi connectivity index (χ0v) is 16.0. The highest BCUT2D eigenvalue weighted by atomic mass is 16.5. The van der Waals surface area contributed by atoms with Gasteiger partial charge in [0.1, 0.15) is 0 Å². The van der Waals surface area contributed by atoms with E-state index in [2.05, 4.69) is 29.8 Å². The summed E-state index contributed by atoms with van der Waals surface area (Å²) in [5.41, 5.74) is 3.06. The fourth-order valence-electron chi connectivity index (χ4n) is 4.12. The number of aryl methyl sites for hydroxylation is 2. The molecule has 4 heteroatoms. The van der Waals surface area contributed by atoms with Crippen LogP contribution in [0.1, 0.15) is 57.6 Å². The topological polar surface area (TPSA) is 44.1 Å². The van der Waals surface area contributed by atoms with Gasteiger partial charge in [-0.1, -0.05) is 49.6 Å². The quantitative estimate of drug-likeness (QED) is 0.646. The van der Waals surface area contributed by atoms with Crippen LogP contribution in [-0.2, 0) is 16.1 Å². The molecular weight excluding hydrogens is 324 g/mol. The molecule has 1 aromatic heterocycles. The molecule has 0 N–H and O–H groups in total. The smallest absolute Gasteiger partial charge is 0.312 e. The number of esters is 1. The molecule has 1 heterocycles.